The van der Waals surface area contributed by atoms with E-state index in [2.05, 4.69) is 10.3 Å². The van der Waals surface area contributed by atoms with E-state index in [-0.39, 0.29) is 23.7 Å². The zero-order chi connectivity index (χ0) is 14.1. The van der Waals surface area contributed by atoms with E-state index in [0.717, 1.165) is 19.3 Å². The van der Waals surface area contributed by atoms with E-state index in [1.807, 2.05) is 0 Å². The maximum absolute atomic E-state index is 12.1. The van der Waals surface area contributed by atoms with Gasteiger partial charge in [-0.05, 0) is 19.3 Å². The minimum atomic E-state index is -1.10. The summed E-state index contributed by atoms with van der Waals surface area (Å²) in [5, 5.41) is 16.1. The highest BCUT2D eigenvalue weighted by Gasteiger charge is 2.37. The second-order valence-corrected chi connectivity index (χ2v) is 5.14. The molecule has 108 valence electrons. The summed E-state index contributed by atoms with van der Waals surface area (Å²) in [4.78, 5) is 24.6. The molecular formula is C12H16N4O4. The van der Waals surface area contributed by atoms with Gasteiger partial charge in [-0.25, -0.2) is 9.48 Å². The molecule has 0 aromatic carbocycles. The number of hydrogen-bond donors (Lipinski definition) is 1. The summed E-state index contributed by atoms with van der Waals surface area (Å²) in [6.07, 6.45) is 3.91. The number of rotatable bonds is 3. The minimum absolute atomic E-state index is 0.00291. The SMILES string of the molecule is O=C(O)c1cn(C2CN(C(=O)C3CCCCO3)C2)nn1. The van der Waals surface area contributed by atoms with E-state index in [4.69, 9.17) is 9.84 Å². The van der Waals surface area contributed by atoms with Gasteiger partial charge < -0.3 is 14.7 Å². The van der Waals surface area contributed by atoms with Crippen LogP contribution in [0, 0.1) is 0 Å². The smallest absolute Gasteiger partial charge is 0.358 e. The zero-order valence-corrected chi connectivity index (χ0v) is 10.9. The van der Waals surface area contributed by atoms with Crippen molar-refractivity contribution in [2.45, 2.75) is 31.4 Å². The lowest BCUT2D eigenvalue weighted by molar-refractivity contribution is -0.152. The summed E-state index contributed by atoms with van der Waals surface area (Å²) in [5.41, 5.74) is -0.0783. The van der Waals surface area contributed by atoms with Gasteiger partial charge in [-0.2, -0.15) is 0 Å². The average molecular weight is 280 g/mol. The van der Waals surface area contributed by atoms with Crippen molar-refractivity contribution in [1.29, 1.82) is 0 Å². The fraction of sp³-hybridized carbons (Fsp3) is 0.667. The monoisotopic (exact) mass is 280 g/mol. The first-order valence-corrected chi connectivity index (χ1v) is 6.70. The summed E-state index contributed by atoms with van der Waals surface area (Å²) < 4.78 is 6.98. The topological polar surface area (TPSA) is 97.5 Å². The second-order valence-electron chi connectivity index (χ2n) is 5.14. The van der Waals surface area contributed by atoms with Gasteiger partial charge in [0.25, 0.3) is 5.91 Å². The molecule has 2 fully saturated rings. The van der Waals surface area contributed by atoms with Crippen LogP contribution in [0.1, 0.15) is 35.8 Å². The predicted molar refractivity (Wildman–Crippen MR) is 66.2 cm³/mol. The van der Waals surface area contributed by atoms with E-state index < -0.39 is 5.97 Å². The van der Waals surface area contributed by atoms with E-state index in [1.54, 1.807) is 4.90 Å². The number of hydrogen-bond acceptors (Lipinski definition) is 5. The molecule has 1 atom stereocenters. The zero-order valence-electron chi connectivity index (χ0n) is 10.9. The third-order valence-corrected chi connectivity index (χ3v) is 3.73. The van der Waals surface area contributed by atoms with E-state index in [0.29, 0.717) is 19.7 Å². The lowest BCUT2D eigenvalue weighted by Crippen LogP contribution is -2.54. The number of carbonyl (C=O) groups is 2. The number of aromatic nitrogens is 3. The van der Waals surface area contributed by atoms with Crippen molar-refractivity contribution in [3.63, 3.8) is 0 Å². The van der Waals surface area contributed by atoms with Gasteiger partial charge in [-0.1, -0.05) is 5.21 Å². The van der Waals surface area contributed by atoms with Crippen LogP contribution >= 0.6 is 0 Å². The number of aromatic carboxylic acids is 1. The number of ether oxygens (including phenoxy) is 1. The standard InChI is InChI=1S/C12H16N4O4/c17-11(10-3-1-2-4-20-10)15-5-8(6-15)16-7-9(12(18)19)13-14-16/h7-8,10H,1-6H2,(H,18,19). The Hall–Kier alpha value is -1.96. The molecule has 0 saturated carbocycles. The highest BCUT2D eigenvalue weighted by Crippen LogP contribution is 2.24. The number of nitrogens with zero attached hydrogens (tertiary/aromatic N) is 4. The number of carboxylic acids is 1. The first kappa shape index (κ1) is 13.0. The van der Waals surface area contributed by atoms with Gasteiger partial charge >= 0.3 is 5.97 Å². The number of amides is 1. The molecule has 8 heteroatoms. The third kappa shape index (κ3) is 2.38. The van der Waals surface area contributed by atoms with Crippen molar-refractivity contribution >= 4 is 11.9 Å². The van der Waals surface area contributed by atoms with E-state index >= 15 is 0 Å². The van der Waals surface area contributed by atoms with Gasteiger partial charge in [0.1, 0.15) is 6.10 Å². The molecule has 0 aliphatic carbocycles. The van der Waals surface area contributed by atoms with Gasteiger partial charge in [-0.15, -0.1) is 5.10 Å². The Morgan fingerprint density at radius 1 is 1.35 bits per heavy atom. The molecule has 20 heavy (non-hydrogen) atoms. The molecule has 0 spiro atoms. The fourth-order valence-electron chi connectivity index (χ4n) is 2.49. The third-order valence-electron chi connectivity index (χ3n) is 3.73. The van der Waals surface area contributed by atoms with Crippen LogP contribution in [0.4, 0.5) is 0 Å². The number of carbonyl (C=O) groups excluding carboxylic acids is 1. The summed E-state index contributed by atoms with van der Waals surface area (Å²) in [5.74, 6) is -1.07. The fourth-order valence-corrected chi connectivity index (χ4v) is 2.49. The Bertz CT molecular complexity index is 517. The number of carboxylic acid groups (broad SMARTS) is 1. The van der Waals surface area contributed by atoms with Crippen molar-refractivity contribution in [1.82, 2.24) is 19.9 Å². The van der Waals surface area contributed by atoms with Crippen LogP contribution in [0.5, 0.6) is 0 Å². The molecule has 3 rings (SSSR count). The molecule has 3 heterocycles. The van der Waals surface area contributed by atoms with Crippen LogP contribution in [0.2, 0.25) is 0 Å². The first-order valence-electron chi connectivity index (χ1n) is 6.70. The first-order chi connectivity index (χ1) is 9.65. The van der Waals surface area contributed by atoms with Crippen LogP contribution in [0.3, 0.4) is 0 Å². The molecule has 0 bridgehead atoms. The van der Waals surface area contributed by atoms with Gasteiger partial charge in [0.2, 0.25) is 0 Å². The Kier molecular flexibility index (Phi) is 3.39. The minimum Gasteiger partial charge on any atom is -0.476 e. The lowest BCUT2D eigenvalue weighted by Gasteiger charge is -2.41. The van der Waals surface area contributed by atoms with Gasteiger partial charge in [0.05, 0.1) is 12.2 Å². The Morgan fingerprint density at radius 2 is 2.15 bits per heavy atom. The molecule has 8 nitrogen and oxygen atoms in total. The number of likely N-dealkylation sites (tertiary alicyclic amines) is 1. The normalized spacial score (nSPS) is 23.4. The molecule has 2 saturated heterocycles. The molecule has 1 amide bonds. The molecular weight excluding hydrogens is 264 g/mol. The Balaban J connectivity index is 1.55. The van der Waals surface area contributed by atoms with Crippen molar-refractivity contribution in [3.05, 3.63) is 11.9 Å². The largest absolute Gasteiger partial charge is 0.476 e. The molecule has 2 aliphatic rings. The highest BCUT2D eigenvalue weighted by molar-refractivity contribution is 5.84. The van der Waals surface area contributed by atoms with E-state index in [1.165, 1.54) is 10.9 Å². The molecule has 1 aromatic heterocycles. The van der Waals surface area contributed by atoms with Crippen molar-refractivity contribution < 1.29 is 19.4 Å². The van der Waals surface area contributed by atoms with Crippen molar-refractivity contribution in [2.24, 2.45) is 0 Å². The van der Waals surface area contributed by atoms with E-state index in [9.17, 15) is 9.59 Å². The molecule has 0 radical (unpaired) electrons. The quantitative estimate of drug-likeness (QED) is 0.832. The van der Waals surface area contributed by atoms with Crippen LogP contribution < -0.4 is 0 Å². The summed E-state index contributed by atoms with van der Waals surface area (Å²) >= 11 is 0. The summed E-state index contributed by atoms with van der Waals surface area (Å²) in [6, 6.07) is 0.00291. The highest BCUT2D eigenvalue weighted by atomic mass is 16.5. The molecule has 2 aliphatic heterocycles. The maximum Gasteiger partial charge on any atom is 0.358 e. The molecule has 1 N–H and O–H groups in total. The van der Waals surface area contributed by atoms with Crippen LogP contribution in [0.15, 0.2) is 6.20 Å². The molecule has 1 aromatic rings. The van der Waals surface area contributed by atoms with Crippen LogP contribution in [-0.4, -0.2) is 62.7 Å². The maximum atomic E-state index is 12.1. The lowest BCUT2D eigenvalue weighted by atomic mass is 10.0. The molecule has 1 unspecified atom stereocenters. The Labute approximate surface area is 115 Å². The average Bonchev–Trinajstić information content (AvgIpc) is 2.87. The van der Waals surface area contributed by atoms with Gasteiger partial charge in [0.15, 0.2) is 5.69 Å². The van der Waals surface area contributed by atoms with Crippen LogP contribution in [-0.2, 0) is 9.53 Å². The summed E-state index contributed by atoms with van der Waals surface area (Å²) in [6.45, 7) is 1.71. The van der Waals surface area contributed by atoms with Crippen molar-refractivity contribution in [3.8, 4) is 0 Å². The summed E-state index contributed by atoms with van der Waals surface area (Å²) in [7, 11) is 0. The van der Waals surface area contributed by atoms with Gasteiger partial charge in [0, 0.05) is 19.7 Å². The van der Waals surface area contributed by atoms with Crippen LogP contribution in [0.25, 0.3) is 0 Å². The Morgan fingerprint density at radius 3 is 2.75 bits per heavy atom. The van der Waals surface area contributed by atoms with Gasteiger partial charge in [-0.3, -0.25) is 4.79 Å². The second kappa shape index (κ2) is 5.20. The predicted octanol–water partition coefficient (Wildman–Crippen LogP) is -0.0713. The van der Waals surface area contributed by atoms with Crippen molar-refractivity contribution in [2.75, 3.05) is 19.7 Å².